The van der Waals surface area contributed by atoms with E-state index < -0.39 is 81.3 Å². The minimum atomic E-state index is -3.76. The molecule has 0 saturated heterocycles. The number of hydrogen-bond acceptors (Lipinski definition) is 10. The number of ether oxygens (including phenoxy) is 1. The van der Waals surface area contributed by atoms with Crippen LogP contribution in [0.25, 0.3) is 16.8 Å². The van der Waals surface area contributed by atoms with E-state index in [1.807, 2.05) is 20.8 Å². The van der Waals surface area contributed by atoms with Gasteiger partial charge in [0.15, 0.2) is 17.3 Å². The average molecular weight is 825 g/mol. The van der Waals surface area contributed by atoms with E-state index in [9.17, 15) is 35.6 Å². The van der Waals surface area contributed by atoms with Gasteiger partial charge in [0.05, 0.1) is 41.8 Å². The third-order valence-electron chi connectivity index (χ3n) is 9.90. The second-order valence-electron chi connectivity index (χ2n) is 15.4. The normalized spacial score (nSPS) is 19.0. The molecular weight excluding hydrogens is 787 g/mol. The summed E-state index contributed by atoms with van der Waals surface area (Å²) in [6.07, 6.45) is 0.674. The number of rotatable bonds is 13. The van der Waals surface area contributed by atoms with E-state index in [0.717, 1.165) is 41.4 Å². The van der Waals surface area contributed by atoms with E-state index in [2.05, 4.69) is 20.2 Å². The van der Waals surface area contributed by atoms with Crippen molar-refractivity contribution in [3.05, 3.63) is 82.9 Å². The van der Waals surface area contributed by atoms with Crippen LogP contribution in [0.15, 0.2) is 60.1 Å². The number of guanidine groups is 1. The zero-order valence-corrected chi connectivity index (χ0v) is 32.4. The zero-order valence-electron chi connectivity index (χ0n) is 30.8. The van der Waals surface area contributed by atoms with E-state index >= 15 is 4.39 Å². The summed E-state index contributed by atoms with van der Waals surface area (Å²) < 4.78 is 104. The number of amides is 1. The van der Waals surface area contributed by atoms with Crippen LogP contribution in [0.5, 0.6) is 0 Å². The molecule has 20 heteroatoms. The Kier molecular flexibility index (Phi) is 10.4. The Morgan fingerprint density at radius 3 is 2.36 bits per heavy atom. The fourth-order valence-electron chi connectivity index (χ4n) is 6.93. The smallest absolute Gasteiger partial charge is 0.306 e. The van der Waals surface area contributed by atoms with Gasteiger partial charge in [0.1, 0.15) is 18.8 Å². The first-order valence-corrected chi connectivity index (χ1v) is 19.4. The predicted molar refractivity (Wildman–Crippen MR) is 194 cm³/mol. The van der Waals surface area contributed by atoms with Crippen LogP contribution in [0, 0.1) is 16.6 Å². The van der Waals surface area contributed by atoms with Gasteiger partial charge in [-0.1, -0.05) is 50.6 Å². The summed E-state index contributed by atoms with van der Waals surface area (Å²) in [4.78, 5) is 37.4. The number of benzene rings is 2. The summed E-state index contributed by atoms with van der Waals surface area (Å²) >= 11 is 6.44. The molecular formula is C36H38ClF5N8O5S. The van der Waals surface area contributed by atoms with Gasteiger partial charge in [-0.25, -0.2) is 45.0 Å². The predicted octanol–water partition coefficient (Wildman–Crippen LogP) is 6.57. The van der Waals surface area contributed by atoms with Crippen LogP contribution in [0.4, 0.5) is 22.0 Å². The number of hydrogen-bond donors (Lipinski definition) is 1. The monoisotopic (exact) mass is 824 g/mol. The fourth-order valence-corrected chi connectivity index (χ4v) is 7.65. The Labute approximate surface area is 323 Å². The summed E-state index contributed by atoms with van der Waals surface area (Å²) in [5, 5.41) is 7.63. The molecule has 6 rings (SSSR count). The Balaban J connectivity index is 1.43. The van der Waals surface area contributed by atoms with Crippen LogP contribution in [0.2, 0.25) is 5.02 Å². The maximum Gasteiger partial charge on any atom is 0.306 e. The lowest BCUT2D eigenvalue weighted by molar-refractivity contribution is -0.153. The van der Waals surface area contributed by atoms with E-state index in [-0.39, 0.29) is 58.2 Å². The van der Waals surface area contributed by atoms with E-state index in [0.29, 0.717) is 4.09 Å². The summed E-state index contributed by atoms with van der Waals surface area (Å²) in [5.74, 6) is -6.85. The summed E-state index contributed by atoms with van der Waals surface area (Å²) in [6.45, 7) is 5.55. The first kappa shape index (κ1) is 40.7. The number of esters is 1. The molecule has 3 heterocycles. The molecule has 2 aliphatic rings. The lowest BCUT2D eigenvalue weighted by atomic mass is 9.75. The largest absolute Gasteiger partial charge is 0.463 e. The topological polar surface area (TPSA) is 168 Å². The lowest BCUT2D eigenvalue weighted by Crippen LogP contribution is -2.47. The number of carbonyl (C=O) groups is 2. The summed E-state index contributed by atoms with van der Waals surface area (Å²) in [6, 6.07) is 6.64. The van der Waals surface area contributed by atoms with Gasteiger partial charge >= 0.3 is 5.97 Å². The first-order chi connectivity index (χ1) is 26.0. The quantitative estimate of drug-likeness (QED) is 0.116. The maximum atomic E-state index is 16.0. The standard InChI is InChI=1S/C36H38ClF5N8O5S/c1-33(2,3)18-36(22-7-8-23(25(38)13-22)21-15-45-48(16-21)56(5,53)54)31(52)49(32(43)47-36)27(17-55-28(51)14-35(10-11-35)34(4,41)42)20-6-9-24(37)26(12-20)50-30(29(39)40)44-19-46-50/h6-9,12-13,15-16,19,27,29H,10-11,14,17-18H2,1-5H3,(H2,43,47)/t27-,36-/m1/s1. The zero-order chi connectivity index (χ0) is 41.2. The first-order valence-electron chi connectivity index (χ1n) is 17.2. The van der Waals surface area contributed by atoms with Crippen molar-refractivity contribution in [2.24, 2.45) is 21.6 Å². The molecule has 0 unspecified atom stereocenters. The highest BCUT2D eigenvalue weighted by Gasteiger charge is 2.60. The van der Waals surface area contributed by atoms with Gasteiger partial charge in [-0.15, -0.1) is 0 Å². The Morgan fingerprint density at radius 1 is 1.09 bits per heavy atom. The molecule has 1 aliphatic carbocycles. The van der Waals surface area contributed by atoms with E-state index in [1.165, 1.54) is 36.5 Å². The van der Waals surface area contributed by atoms with Crippen molar-refractivity contribution in [1.82, 2.24) is 28.9 Å². The van der Waals surface area contributed by atoms with Crippen molar-refractivity contribution in [2.75, 3.05) is 12.9 Å². The highest BCUT2D eigenvalue weighted by molar-refractivity contribution is 7.89. The SMILES string of the molecule is CC(C)(C)C[C@]1(c2ccc(-c3cnn(S(C)(=O)=O)c3)c(F)c2)N=C(N)N([C@H](COC(=O)CC2(C(C)(F)F)CC2)c2ccc(Cl)c(-n3ncnc3C(F)F)c2)C1=O. The van der Waals surface area contributed by atoms with Crippen LogP contribution in [-0.2, 0) is 29.9 Å². The molecule has 1 aliphatic heterocycles. The number of aromatic nitrogens is 5. The van der Waals surface area contributed by atoms with Gasteiger partial charge in [-0.05, 0) is 60.9 Å². The Bertz CT molecular complexity index is 2330. The molecule has 2 aromatic heterocycles. The highest BCUT2D eigenvalue weighted by Crippen LogP contribution is 2.59. The van der Waals surface area contributed by atoms with Gasteiger partial charge in [0, 0.05) is 16.5 Å². The molecule has 300 valence electrons. The molecule has 56 heavy (non-hydrogen) atoms. The van der Waals surface area contributed by atoms with Crippen molar-refractivity contribution in [2.45, 2.75) is 77.3 Å². The number of nitrogens with two attached hydrogens (primary N) is 1. The molecule has 1 saturated carbocycles. The van der Waals surface area contributed by atoms with Gasteiger partial charge in [0.2, 0.25) is 0 Å². The van der Waals surface area contributed by atoms with Crippen LogP contribution in [0.1, 0.15) is 82.8 Å². The van der Waals surface area contributed by atoms with Crippen LogP contribution in [0.3, 0.4) is 0 Å². The minimum Gasteiger partial charge on any atom is -0.463 e. The second-order valence-corrected chi connectivity index (χ2v) is 17.6. The minimum absolute atomic E-state index is 0.0188. The van der Waals surface area contributed by atoms with Crippen LogP contribution < -0.4 is 5.73 Å². The average Bonchev–Trinajstić information content (AvgIpc) is 3.39. The molecule has 4 aromatic rings. The van der Waals surface area contributed by atoms with Crippen molar-refractivity contribution in [3.8, 4) is 16.8 Å². The second kappa shape index (κ2) is 14.2. The summed E-state index contributed by atoms with van der Waals surface area (Å²) in [7, 11) is -3.76. The Hall–Kier alpha value is -4.91. The number of carbonyl (C=O) groups excluding carboxylic acids is 2. The molecule has 1 fully saturated rings. The number of alkyl halides is 4. The van der Waals surface area contributed by atoms with Gasteiger partial charge in [-0.3, -0.25) is 14.5 Å². The Morgan fingerprint density at radius 2 is 1.79 bits per heavy atom. The number of nitrogens with zero attached hydrogens (tertiary/aromatic N) is 7. The molecule has 2 aromatic carbocycles. The van der Waals surface area contributed by atoms with Crippen LogP contribution >= 0.6 is 11.6 Å². The maximum absolute atomic E-state index is 16.0. The number of aliphatic imine (C=N–C) groups is 1. The van der Waals surface area contributed by atoms with Gasteiger partial charge < -0.3 is 10.5 Å². The van der Waals surface area contributed by atoms with Crippen molar-refractivity contribution >= 4 is 39.5 Å². The lowest BCUT2D eigenvalue weighted by Gasteiger charge is -2.35. The van der Waals surface area contributed by atoms with Gasteiger partial charge in [0.25, 0.3) is 28.3 Å². The molecule has 13 nitrogen and oxygen atoms in total. The molecule has 1 amide bonds. The highest BCUT2D eigenvalue weighted by atomic mass is 35.5. The molecule has 0 radical (unpaired) electrons. The van der Waals surface area contributed by atoms with Crippen molar-refractivity contribution in [3.63, 3.8) is 0 Å². The molecule has 0 spiro atoms. The van der Waals surface area contributed by atoms with Crippen LogP contribution in [-0.4, -0.2) is 73.9 Å². The van der Waals surface area contributed by atoms with Crippen molar-refractivity contribution in [1.29, 1.82) is 0 Å². The summed E-state index contributed by atoms with van der Waals surface area (Å²) in [5.41, 5.74) is 2.73. The van der Waals surface area contributed by atoms with Gasteiger partial charge in [-0.2, -0.15) is 14.3 Å². The van der Waals surface area contributed by atoms with E-state index in [1.54, 1.807) is 0 Å². The third-order valence-corrected chi connectivity index (χ3v) is 11.1. The van der Waals surface area contributed by atoms with E-state index in [4.69, 9.17) is 22.1 Å². The van der Waals surface area contributed by atoms with Crippen molar-refractivity contribution < 1.29 is 44.7 Å². The number of halogens is 6. The molecule has 2 N–H and O–H groups in total. The molecule has 0 bridgehead atoms. The third kappa shape index (κ3) is 7.74. The fraction of sp³-hybridized carbons (Fsp3) is 0.444. The molecule has 2 atom stereocenters.